The lowest BCUT2D eigenvalue weighted by Crippen LogP contribution is -2.29. The molecule has 1 saturated heterocycles. The molecule has 2 rings (SSSR count). The van der Waals surface area contributed by atoms with Gasteiger partial charge in [-0.25, -0.2) is 0 Å². The molecule has 2 atom stereocenters. The molecule has 1 aliphatic heterocycles. The maximum atomic E-state index is 6.23. The molecule has 1 aliphatic rings. The summed E-state index contributed by atoms with van der Waals surface area (Å²) in [5.74, 6) is 1.57. The van der Waals surface area contributed by atoms with E-state index in [-0.39, 0.29) is 0 Å². The van der Waals surface area contributed by atoms with Crippen molar-refractivity contribution in [3.8, 4) is 5.75 Å². The van der Waals surface area contributed by atoms with Crippen LogP contribution in [0.25, 0.3) is 0 Å². The molecule has 0 aromatic heterocycles. The van der Waals surface area contributed by atoms with Crippen LogP contribution in [0.4, 0.5) is 0 Å². The molecule has 1 aromatic rings. The van der Waals surface area contributed by atoms with Crippen LogP contribution in [0.2, 0.25) is 5.02 Å². The fraction of sp³-hybridized carbons (Fsp3) is 0.600. The minimum absolute atomic E-state index is 0.308. The van der Waals surface area contributed by atoms with E-state index >= 15 is 0 Å². The van der Waals surface area contributed by atoms with Crippen molar-refractivity contribution in [1.29, 1.82) is 0 Å². The predicted molar refractivity (Wildman–Crippen MR) is 76.5 cm³/mol. The number of rotatable bonds is 5. The van der Waals surface area contributed by atoms with Gasteiger partial charge < -0.3 is 10.1 Å². The van der Waals surface area contributed by atoms with Crippen molar-refractivity contribution < 1.29 is 4.74 Å². The van der Waals surface area contributed by atoms with Gasteiger partial charge in [0.1, 0.15) is 11.9 Å². The molecule has 0 amide bonds. The van der Waals surface area contributed by atoms with Crippen molar-refractivity contribution in [3.05, 3.63) is 28.8 Å². The van der Waals surface area contributed by atoms with E-state index < -0.39 is 0 Å². The van der Waals surface area contributed by atoms with Crippen LogP contribution in [0.1, 0.15) is 31.7 Å². The molecule has 3 heteroatoms. The quantitative estimate of drug-likeness (QED) is 0.876. The van der Waals surface area contributed by atoms with E-state index in [2.05, 4.69) is 12.2 Å². The van der Waals surface area contributed by atoms with E-state index in [1.807, 2.05) is 25.1 Å². The van der Waals surface area contributed by atoms with E-state index in [1.165, 1.54) is 6.42 Å². The molecule has 0 aliphatic carbocycles. The summed E-state index contributed by atoms with van der Waals surface area (Å²) in [6.07, 6.45) is 3.78. The van der Waals surface area contributed by atoms with Crippen LogP contribution in [0.3, 0.4) is 0 Å². The Balaban J connectivity index is 2.10. The van der Waals surface area contributed by atoms with E-state index in [0.717, 1.165) is 42.3 Å². The smallest absolute Gasteiger partial charge is 0.124 e. The molecule has 0 radical (unpaired) electrons. The normalized spacial score (nSPS) is 20.9. The Morgan fingerprint density at radius 3 is 3.00 bits per heavy atom. The third kappa shape index (κ3) is 3.18. The lowest BCUT2D eigenvalue weighted by atomic mass is 9.97. The SMILES string of the molecule is CCC[C@@H](Oc1cccc(Cl)c1C)[C@H]1CCNC1. The highest BCUT2D eigenvalue weighted by Crippen LogP contribution is 2.29. The van der Waals surface area contributed by atoms with Crippen molar-refractivity contribution in [2.24, 2.45) is 5.92 Å². The number of nitrogens with one attached hydrogen (secondary N) is 1. The Bertz CT molecular complexity index is 388. The summed E-state index contributed by atoms with van der Waals surface area (Å²) in [4.78, 5) is 0. The Hall–Kier alpha value is -0.730. The van der Waals surface area contributed by atoms with Gasteiger partial charge in [0, 0.05) is 23.0 Å². The van der Waals surface area contributed by atoms with Gasteiger partial charge in [-0.05, 0) is 38.4 Å². The van der Waals surface area contributed by atoms with Crippen LogP contribution in [0, 0.1) is 12.8 Å². The van der Waals surface area contributed by atoms with Gasteiger partial charge in [0.05, 0.1) is 0 Å². The highest BCUT2D eigenvalue weighted by molar-refractivity contribution is 6.31. The van der Waals surface area contributed by atoms with E-state index in [9.17, 15) is 0 Å². The second kappa shape index (κ2) is 6.44. The first-order chi connectivity index (χ1) is 8.72. The molecule has 0 unspecified atom stereocenters. The first-order valence-electron chi connectivity index (χ1n) is 6.85. The van der Waals surface area contributed by atoms with Crippen molar-refractivity contribution in [2.45, 2.75) is 39.2 Å². The fourth-order valence-electron chi connectivity index (χ4n) is 2.55. The van der Waals surface area contributed by atoms with E-state index in [4.69, 9.17) is 16.3 Å². The van der Waals surface area contributed by atoms with Gasteiger partial charge in [-0.2, -0.15) is 0 Å². The van der Waals surface area contributed by atoms with Crippen LogP contribution in [0.5, 0.6) is 5.75 Å². The van der Waals surface area contributed by atoms with Gasteiger partial charge in [0.15, 0.2) is 0 Å². The molecule has 1 fully saturated rings. The summed E-state index contributed by atoms with van der Waals surface area (Å²) >= 11 is 6.14. The largest absolute Gasteiger partial charge is 0.490 e. The third-order valence-corrected chi connectivity index (χ3v) is 4.10. The van der Waals surface area contributed by atoms with Gasteiger partial charge in [-0.15, -0.1) is 0 Å². The zero-order valence-electron chi connectivity index (χ0n) is 11.2. The topological polar surface area (TPSA) is 21.3 Å². The van der Waals surface area contributed by atoms with Crippen LogP contribution >= 0.6 is 11.6 Å². The second-order valence-electron chi connectivity index (χ2n) is 5.06. The summed E-state index contributed by atoms with van der Waals surface area (Å²) in [7, 11) is 0. The summed E-state index contributed by atoms with van der Waals surface area (Å²) in [5.41, 5.74) is 1.05. The highest BCUT2D eigenvalue weighted by atomic mass is 35.5. The van der Waals surface area contributed by atoms with Crippen LogP contribution in [-0.2, 0) is 0 Å². The average molecular weight is 268 g/mol. The van der Waals surface area contributed by atoms with Gasteiger partial charge in [-0.1, -0.05) is 31.0 Å². The molecular weight excluding hydrogens is 246 g/mol. The Labute approximate surface area is 115 Å². The van der Waals surface area contributed by atoms with E-state index in [1.54, 1.807) is 0 Å². The molecule has 0 bridgehead atoms. The standard InChI is InChI=1S/C15H22ClNO/c1-3-5-15(12-8-9-17-10-12)18-14-7-4-6-13(16)11(14)2/h4,6-7,12,15,17H,3,5,8-10H2,1-2H3/t12-,15+/m0/s1. The van der Waals surface area contributed by atoms with E-state index in [0.29, 0.717) is 12.0 Å². The summed E-state index contributed by atoms with van der Waals surface area (Å²) in [5, 5.41) is 4.20. The van der Waals surface area contributed by atoms with Crippen LogP contribution < -0.4 is 10.1 Å². The Morgan fingerprint density at radius 1 is 1.50 bits per heavy atom. The van der Waals surface area contributed by atoms with Gasteiger partial charge >= 0.3 is 0 Å². The molecule has 1 N–H and O–H groups in total. The maximum absolute atomic E-state index is 6.23. The minimum atomic E-state index is 0.308. The minimum Gasteiger partial charge on any atom is -0.490 e. The molecular formula is C15H22ClNO. The van der Waals surface area contributed by atoms with Crippen molar-refractivity contribution >= 4 is 11.6 Å². The van der Waals surface area contributed by atoms with Crippen LogP contribution in [0.15, 0.2) is 18.2 Å². The molecule has 2 nitrogen and oxygen atoms in total. The monoisotopic (exact) mass is 267 g/mol. The van der Waals surface area contributed by atoms with Crippen molar-refractivity contribution in [1.82, 2.24) is 5.32 Å². The van der Waals surface area contributed by atoms with Crippen LogP contribution in [-0.4, -0.2) is 19.2 Å². The highest BCUT2D eigenvalue weighted by Gasteiger charge is 2.26. The maximum Gasteiger partial charge on any atom is 0.124 e. The van der Waals surface area contributed by atoms with Gasteiger partial charge in [-0.3, -0.25) is 0 Å². The molecule has 18 heavy (non-hydrogen) atoms. The lowest BCUT2D eigenvalue weighted by molar-refractivity contribution is 0.131. The first kappa shape index (κ1) is 13.7. The van der Waals surface area contributed by atoms with Crippen molar-refractivity contribution in [2.75, 3.05) is 13.1 Å². The predicted octanol–water partition coefficient (Wildman–Crippen LogP) is 3.81. The molecule has 0 spiro atoms. The molecule has 1 aromatic carbocycles. The Kier molecular flexibility index (Phi) is 4.90. The fourth-order valence-corrected chi connectivity index (χ4v) is 2.71. The summed E-state index contributed by atoms with van der Waals surface area (Å²) < 4.78 is 6.23. The van der Waals surface area contributed by atoms with Gasteiger partial charge in [0.2, 0.25) is 0 Å². The number of ether oxygens (including phenoxy) is 1. The summed E-state index contributed by atoms with van der Waals surface area (Å²) in [6.45, 7) is 6.42. The zero-order valence-corrected chi connectivity index (χ0v) is 12.0. The van der Waals surface area contributed by atoms with Gasteiger partial charge in [0.25, 0.3) is 0 Å². The summed E-state index contributed by atoms with van der Waals surface area (Å²) in [6, 6.07) is 5.89. The van der Waals surface area contributed by atoms with Crippen molar-refractivity contribution in [3.63, 3.8) is 0 Å². The average Bonchev–Trinajstić information content (AvgIpc) is 2.88. The molecule has 1 heterocycles. The first-order valence-corrected chi connectivity index (χ1v) is 7.22. The zero-order chi connectivity index (χ0) is 13.0. The molecule has 0 saturated carbocycles. The number of halogens is 1. The molecule has 100 valence electrons. The number of benzene rings is 1. The third-order valence-electron chi connectivity index (χ3n) is 3.69. The Morgan fingerprint density at radius 2 is 2.33 bits per heavy atom. The number of hydrogen-bond donors (Lipinski definition) is 1. The number of hydrogen-bond acceptors (Lipinski definition) is 2. The lowest BCUT2D eigenvalue weighted by Gasteiger charge is -2.25. The second-order valence-corrected chi connectivity index (χ2v) is 5.47.